The first-order valence-electron chi connectivity index (χ1n) is 5.94. The van der Waals surface area contributed by atoms with Crippen LogP contribution in [0, 0.1) is 0 Å². The summed E-state index contributed by atoms with van der Waals surface area (Å²) in [6.45, 7) is 5.58. The Balaban J connectivity index is 2.62. The standard InChI is InChI=1S/C14H19NO4/c1-14(2,3)19-9-12(16)15-11-7-5-6-10(8-11)13(17)18-4/h5-8H,9H2,1-4H3,(H,15,16). The number of rotatable bonds is 4. The average Bonchev–Trinajstić information content (AvgIpc) is 2.35. The Morgan fingerprint density at radius 3 is 2.53 bits per heavy atom. The Labute approximate surface area is 112 Å². The summed E-state index contributed by atoms with van der Waals surface area (Å²) in [6.07, 6.45) is 0. The van der Waals surface area contributed by atoms with Crippen LogP contribution in [0.3, 0.4) is 0 Å². The predicted molar refractivity (Wildman–Crippen MR) is 72.1 cm³/mol. The fourth-order valence-electron chi connectivity index (χ4n) is 1.32. The Morgan fingerprint density at radius 1 is 1.26 bits per heavy atom. The lowest BCUT2D eigenvalue weighted by Gasteiger charge is -2.19. The molecular formula is C14H19NO4. The van der Waals surface area contributed by atoms with E-state index in [-0.39, 0.29) is 18.1 Å². The summed E-state index contributed by atoms with van der Waals surface area (Å²) in [6, 6.07) is 6.54. The molecule has 0 unspecified atom stereocenters. The van der Waals surface area contributed by atoms with Crippen LogP contribution >= 0.6 is 0 Å². The van der Waals surface area contributed by atoms with Gasteiger partial charge in [0, 0.05) is 5.69 Å². The van der Waals surface area contributed by atoms with Gasteiger partial charge >= 0.3 is 5.97 Å². The van der Waals surface area contributed by atoms with E-state index >= 15 is 0 Å². The van der Waals surface area contributed by atoms with E-state index in [4.69, 9.17) is 4.74 Å². The zero-order chi connectivity index (χ0) is 14.5. The number of amides is 1. The molecule has 0 fully saturated rings. The van der Waals surface area contributed by atoms with Gasteiger partial charge in [-0.05, 0) is 39.0 Å². The maximum absolute atomic E-state index is 11.7. The first-order chi connectivity index (χ1) is 8.81. The first-order valence-corrected chi connectivity index (χ1v) is 5.94. The lowest BCUT2D eigenvalue weighted by Crippen LogP contribution is -2.27. The number of methoxy groups -OCH3 is 1. The monoisotopic (exact) mass is 265 g/mol. The van der Waals surface area contributed by atoms with E-state index in [9.17, 15) is 9.59 Å². The van der Waals surface area contributed by atoms with E-state index in [0.29, 0.717) is 11.3 Å². The minimum absolute atomic E-state index is 0.0358. The number of ether oxygens (including phenoxy) is 2. The van der Waals surface area contributed by atoms with Gasteiger partial charge in [-0.15, -0.1) is 0 Å². The SMILES string of the molecule is COC(=O)c1cccc(NC(=O)COC(C)(C)C)c1. The zero-order valence-electron chi connectivity index (χ0n) is 11.6. The highest BCUT2D eigenvalue weighted by molar-refractivity contribution is 5.95. The topological polar surface area (TPSA) is 64.6 Å². The number of hydrogen-bond acceptors (Lipinski definition) is 4. The van der Waals surface area contributed by atoms with Gasteiger partial charge in [0.1, 0.15) is 6.61 Å². The highest BCUT2D eigenvalue weighted by Crippen LogP contribution is 2.12. The smallest absolute Gasteiger partial charge is 0.337 e. The summed E-state index contributed by atoms with van der Waals surface area (Å²) in [5.41, 5.74) is 0.549. The van der Waals surface area contributed by atoms with E-state index in [1.807, 2.05) is 20.8 Å². The average molecular weight is 265 g/mol. The molecule has 5 heteroatoms. The fraction of sp³-hybridized carbons (Fsp3) is 0.429. The predicted octanol–water partition coefficient (Wildman–Crippen LogP) is 2.23. The van der Waals surface area contributed by atoms with Crippen molar-refractivity contribution in [2.45, 2.75) is 26.4 Å². The third-order valence-corrected chi connectivity index (χ3v) is 2.20. The quantitative estimate of drug-likeness (QED) is 0.848. The number of anilines is 1. The molecule has 0 aliphatic carbocycles. The second-order valence-electron chi connectivity index (χ2n) is 5.02. The lowest BCUT2D eigenvalue weighted by atomic mass is 10.2. The van der Waals surface area contributed by atoms with Crippen LogP contribution in [0.25, 0.3) is 0 Å². The normalized spacial score (nSPS) is 10.9. The molecule has 0 atom stereocenters. The van der Waals surface area contributed by atoms with Gasteiger partial charge in [-0.25, -0.2) is 4.79 Å². The van der Waals surface area contributed by atoms with Gasteiger partial charge in [0.2, 0.25) is 5.91 Å². The van der Waals surface area contributed by atoms with Gasteiger partial charge in [0.25, 0.3) is 0 Å². The minimum Gasteiger partial charge on any atom is -0.465 e. The minimum atomic E-state index is -0.443. The van der Waals surface area contributed by atoms with Crippen molar-refractivity contribution in [2.75, 3.05) is 19.0 Å². The molecule has 0 aliphatic rings. The summed E-state index contributed by atoms with van der Waals surface area (Å²) in [5, 5.41) is 2.66. The molecule has 0 bridgehead atoms. The van der Waals surface area contributed by atoms with Crippen molar-refractivity contribution in [3.8, 4) is 0 Å². The molecule has 19 heavy (non-hydrogen) atoms. The summed E-state index contributed by atoms with van der Waals surface area (Å²) in [7, 11) is 1.31. The first kappa shape index (κ1) is 15.2. The molecule has 5 nitrogen and oxygen atoms in total. The van der Waals surface area contributed by atoms with Gasteiger partial charge in [-0.2, -0.15) is 0 Å². The number of carbonyl (C=O) groups excluding carboxylic acids is 2. The van der Waals surface area contributed by atoms with E-state index in [2.05, 4.69) is 10.1 Å². The van der Waals surface area contributed by atoms with Crippen molar-refractivity contribution >= 4 is 17.6 Å². The van der Waals surface area contributed by atoms with Gasteiger partial charge in [-0.1, -0.05) is 6.07 Å². The van der Waals surface area contributed by atoms with Crippen molar-refractivity contribution in [1.29, 1.82) is 0 Å². The second-order valence-corrected chi connectivity index (χ2v) is 5.02. The molecule has 1 aromatic carbocycles. The molecule has 0 heterocycles. The van der Waals surface area contributed by atoms with Gasteiger partial charge in [-0.3, -0.25) is 4.79 Å². The van der Waals surface area contributed by atoms with Crippen LogP contribution in [0.1, 0.15) is 31.1 Å². The molecular weight excluding hydrogens is 246 g/mol. The van der Waals surface area contributed by atoms with Gasteiger partial charge in [0.15, 0.2) is 0 Å². The van der Waals surface area contributed by atoms with Gasteiger partial charge in [0.05, 0.1) is 18.3 Å². The number of hydrogen-bond donors (Lipinski definition) is 1. The number of carbonyl (C=O) groups is 2. The van der Waals surface area contributed by atoms with Crippen LogP contribution in [0.5, 0.6) is 0 Å². The largest absolute Gasteiger partial charge is 0.465 e. The molecule has 0 spiro atoms. The Hall–Kier alpha value is -1.88. The molecule has 104 valence electrons. The van der Waals surface area contributed by atoms with Gasteiger partial charge < -0.3 is 14.8 Å². The summed E-state index contributed by atoms with van der Waals surface area (Å²) in [5.74, 6) is -0.709. The zero-order valence-corrected chi connectivity index (χ0v) is 11.6. The molecule has 0 aliphatic heterocycles. The molecule has 1 N–H and O–H groups in total. The van der Waals surface area contributed by atoms with Crippen molar-refractivity contribution in [3.05, 3.63) is 29.8 Å². The second kappa shape index (κ2) is 6.33. The third kappa shape index (κ3) is 5.52. The molecule has 0 saturated carbocycles. The van der Waals surface area contributed by atoms with Crippen molar-refractivity contribution in [2.24, 2.45) is 0 Å². The van der Waals surface area contributed by atoms with Crippen LogP contribution in [-0.2, 0) is 14.3 Å². The lowest BCUT2D eigenvalue weighted by molar-refractivity contribution is -0.125. The van der Waals surface area contributed by atoms with Crippen molar-refractivity contribution < 1.29 is 19.1 Å². The van der Waals surface area contributed by atoms with Crippen LogP contribution < -0.4 is 5.32 Å². The summed E-state index contributed by atoms with van der Waals surface area (Å²) < 4.78 is 9.97. The Morgan fingerprint density at radius 2 is 1.95 bits per heavy atom. The molecule has 1 aromatic rings. The van der Waals surface area contributed by atoms with Crippen LogP contribution in [-0.4, -0.2) is 31.2 Å². The number of benzene rings is 1. The Kier molecular flexibility index (Phi) is 5.06. The van der Waals surface area contributed by atoms with Crippen molar-refractivity contribution in [1.82, 2.24) is 0 Å². The fourth-order valence-corrected chi connectivity index (χ4v) is 1.32. The molecule has 0 radical (unpaired) electrons. The third-order valence-electron chi connectivity index (χ3n) is 2.20. The number of esters is 1. The Bertz CT molecular complexity index is 463. The molecule has 0 saturated heterocycles. The molecule has 1 amide bonds. The van der Waals surface area contributed by atoms with E-state index in [1.165, 1.54) is 7.11 Å². The number of nitrogens with one attached hydrogen (secondary N) is 1. The van der Waals surface area contributed by atoms with Crippen LogP contribution in [0.15, 0.2) is 24.3 Å². The summed E-state index contributed by atoms with van der Waals surface area (Å²) in [4.78, 5) is 23.0. The van der Waals surface area contributed by atoms with Crippen molar-refractivity contribution in [3.63, 3.8) is 0 Å². The summed E-state index contributed by atoms with van der Waals surface area (Å²) >= 11 is 0. The molecule has 1 rings (SSSR count). The maximum atomic E-state index is 11.7. The van der Waals surface area contributed by atoms with Crippen LogP contribution in [0.4, 0.5) is 5.69 Å². The highest BCUT2D eigenvalue weighted by atomic mass is 16.5. The van der Waals surface area contributed by atoms with E-state index < -0.39 is 5.97 Å². The van der Waals surface area contributed by atoms with E-state index in [0.717, 1.165) is 0 Å². The maximum Gasteiger partial charge on any atom is 0.337 e. The highest BCUT2D eigenvalue weighted by Gasteiger charge is 2.13. The van der Waals surface area contributed by atoms with Crippen LogP contribution in [0.2, 0.25) is 0 Å². The molecule has 0 aromatic heterocycles. The van der Waals surface area contributed by atoms with E-state index in [1.54, 1.807) is 24.3 Å².